The Hall–Kier alpha value is -3.65. The molecule has 8 nitrogen and oxygen atoms in total. The van der Waals surface area contributed by atoms with Gasteiger partial charge in [0.1, 0.15) is 17.0 Å². The minimum absolute atomic E-state index is 0.0113. The smallest absolute Gasteiger partial charge is 0.357 e. The minimum Gasteiger partial charge on any atom is -0.493 e. The Balaban J connectivity index is 2.25. The summed E-state index contributed by atoms with van der Waals surface area (Å²) in [5.41, 5.74) is 2.68. The maximum atomic E-state index is 12.9. The van der Waals surface area contributed by atoms with Crippen molar-refractivity contribution in [3.8, 4) is 22.7 Å². The summed E-state index contributed by atoms with van der Waals surface area (Å²) in [5, 5.41) is 4.70. The fourth-order valence-electron chi connectivity index (χ4n) is 3.85. The number of hydrogen-bond donors (Lipinski definition) is 0. The third-order valence-electron chi connectivity index (χ3n) is 5.74. The molecule has 1 aromatic heterocycles. The first-order valence-corrected chi connectivity index (χ1v) is 11.8. The molecule has 0 saturated heterocycles. The van der Waals surface area contributed by atoms with Gasteiger partial charge in [-0.05, 0) is 49.8 Å². The second kappa shape index (κ2) is 12.2. The largest absolute Gasteiger partial charge is 0.493 e. The molecule has 1 heterocycles. The molecule has 0 bridgehead atoms. The molecule has 186 valence electrons. The Morgan fingerprint density at radius 2 is 1.63 bits per heavy atom. The fraction of sp³-hybridized carbons (Fsp3) is 0.370. The molecule has 0 spiro atoms. The van der Waals surface area contributed by atoms with Crippen molar-refractivity contribution in [1.82, 2.24) is 14.7 Å². The first kappa shape index (κ1) is 26.0. The zero-order valence-corrected chi connectivity index (χ0v) is 21.0. The molecule has 35 heavy (non-hydrogen) atoms. The number of aromatic nitrogens is 2. The van der Waals surface area contributed by atoms with E-state index in [1.165, 1.54) is 18.9 Å². The van der Waals surface area contributed by atoms with Crippen LogP contribution in [0.25, 0.3) is 16.9 Å². The van der Waals surface area contributed by atoms with E-state index >= 15 is 0 Å². The lowest BCUT2D eigenvalue weighted by molar-refractivity contribution is 0.0549. The summed E-state index contributed by atoms with van der Waals surface area (Å²) in [5.74, 6) is -0.559. The first-order chi connectivity index (χ1) is 17.0. The molecule has 0 radical (unpaired) electrons. The van der Waals surface area contributed by atoms with Crippen LogP contribution in [0, 0.1) is 0 Å². The fourth-order valence-corrected chi connectivity index (χ4v) is 3.85. The molecule has 3 aromatic rings. The number of hydrogen-bond acceptors (Lipinski definition) is 7. The molecule has 0 unspecified atom stereocenters. The van der Waals surface area contributed by atoms with E-state index in [9.17, 15) is 9.59 Å². The van der Waals surface area contributed by atoms with Crippen molar-refractivity contribution >= 4 is 11.9 Å². The van der Waals surface area contributed by atoms with Crippen LogP contribution >= 0.6 is 0 Å². The van der Waals surface area contributed by atoms with Crippen molar-refractivity contribution in [3.63, 3.8) is 0 Å². The van der Waals surface area contributed by atoms with Crippen molar-refractivity contribution < 1.29 is 23.8 Å². The predicted molar refractivity (Wildman–Crippen MR) is 134 cm³/mol. The van der Waals surface area contributed by atoms with Gasteiger partial charge in [-0.25, -0.2) is 14.3 Å². The van der Waals surface area contributed by atoms with Gasteiger partial charge in [0.2, 0.25) is 0 Å². The Morgan fingerprint density at radius 1 is 0.943 bits per heavy atom. The first-order valence-electron chi connectivity index (χ1n) is 11.8. The van der Waals surface area contributed by atoms with E-state index in [4.69, 9.17) is 19.3 Å². The standard InChI is InChI=1S/C27H33N3O5/c1-6-16-35-22-15-14-19(17-20(22)18-29(7-2)8-3)24-23(26(31)33-4)25(27(32)34-5)30(28-24)21-12-10-9-11-13-21/h9-15,17H,6-8,16,18H2,1-5H3. The molecule has 8 heteroatoms. The number of ether oxygens (including phenoxy) is 3. The van der Waals surface area contributed by atoms with Crippen LogP contribution in [0.1, 0.15) is 53.6 Å². The Labute approximate surface area is 206 Å². The van der Waals surface area contributed by atoms with Gasteiger partial charge in [-0.1, -0.05) is 39.0 Å². The van der Waals surface area contributed by atoms with Crippen LogP contribution in [0.4, 0.5) is 0 Å². The van der Waals surface area contributed by atoms with Crippen molar-refractivity contribution in [1.29, 1.82) is 0 Å². The van der Waals surface area contributed by atoms with Crippen LogP contribution in [0.2, 0.25) is 0 Å². The number of nitrogens with zero attached hydrogens (tertiary/aromatic N) is 3. The van der Waals surface area contributed by atoms with E-state index in [0.717, 1.165) is 30.8 Å². The van der Waals surface area contributed by atoms with Crippen LogP contribution in [-0.2, 0) is 16.0 Å². The lowest BCUT2D eigenvalue weighted by atomic mass is 10.0. The monoisotopic (exact) mass is 479 g/mol. The van der Waals surface area contributed by atoms with Crippen LogP contribution in [-0.4, -0.2) is 60.5 Å². The van der Waals surface area contributed by atoms with Gasteiger partial charge in [0.05, 0.1) is 26.5 Å². The average Bonchev–Trinajstić information content (AvgIpc) is 3.31. The summed E-state index contributed by atoms with van der Waals surface area (Å²) in [6.07, 6.45) is 0.892. The molecule has 0 N–H and O–H groups in total. The topological polar surface area (TPSA) is 82.9 Å². The molecule has 0 amide bonds. The van der Waals surface area contributed by atoms with Crippen molar-refractivity contribution in [3.05, 3.63) is 65.4 Å². The van der Waals surface area contributed by atoms with Gasteiger partial charge in [-0.2, -0.15) is 5.10 Å². The highest BCUT2D eigenvalue weighted by Crippen LogP contribution is 2.33. The number of carbonyl (C=O) groups is 2. The maximum Gasteiger partial charge on any atom is 0.357 e. The lowest BCUT2D eigenvalue weighted by Crippen LogP contribution is -2.22. The summed E-state index contributed by atoms with van der Waals surface area (Å²) >= 11 is 0. The number of rotatable bonds is 11. The number of methoxy groups -OCH3 is 2. The van der Waals surface area contributed by atoms with E-state index in [0.29, 0.717) is 30.1 Å². The normalized spacial score (nSPS) is 10.9. The Kier molecular flexibility index (Phi) is 9.03. The Bertz CT molecular complexity index is 1150. The summed E-state index contributed by atoms with van der Waals surface area (Å²) in [6, 6.07) is 14.8. The molecule has 0 aliphatic heterocycles. The average molecular weight is 480 g/mol. The molecule has 0 aliphatic rings. The molecule has 3 rings (SSSR count). The highest BCUT2D eigenvalue weighted by molar-refractivity contribution is 6.06. The van der Waals surface area contributed by atoms with Gasteiger partial charge in [0, 0.05) is 17.7 Å². The van der Waals surface area contributed by atoms with Gasteiger partial charge >= 0.3 is 11.9 Å². The van der Waals surface area contributed by atoms with E-state index in [1.54, 1.807) is 12.1 Å². The van der Waals surface area contributed by atoms with Crippen LogP contribution in [0.5, 0.6) is 5.75 Å². The Morgan fingerprint density at radius 3 is 2.23 bits per heavy atom. The number of esters is 2. The quantitative estimate of drug-likeness (QED) is 0.367. The minimum atomic E-state index is -0.681. The highest BCUT2D eigenvalue weighted by Gasteiger charge is 2.31. The number of benzene rings is 2. The predicted octanol–water partition coefficient (Wildman–Crippen LogP) is 4.74. The molecular formula is C27H33N3O5. The van der Waals surface area contributed by atoms with Gasteiger partial charge in [-0.15, -0.1) is 0 Å². The zero-order chi connectivity index (χ0) is 25.4. The van der Waals surface area contributed by atoms with Crippen molar-refractivity contribution in [2.45, 2.75) is 33.7 Å². The van der Waals surface area contributed by atoms with Crippen molar-refractivity contribution in [2.24, 2.45) is 0 Å². The summed E-state index contributed by atoms with van der Waals surface area (Å²) in [4.78, 5) is 28.1. The maximum absolute atomic E-state index is 12.9. The van der Waals surface area contributed by atoms with Crippen LogP contribution in [0.15, 0.2) is 48.5 Å². The second-order valence-electron chi connectivity index (χ2n) is 7.94. The molecular weight excluding hydrogens is 446 g/mol. The van der Waals surface area contributed by atoms with E-state index in [-0.39, 0.29) is 11.3 Å². The second-order valence-corrected chi connectivity index (χ2v) is 7.94. The summed E-state index contributed by atoms with van der Waals surface area (Å²) in [7, 11) is 2.55. The SMILES string of the molecule is CCCOc1ccc(-c2nn(-c3ccccc3)c(C(=O)OC)c2C(=O)OC)cc1CN(CC)CC. The molecule has 0 atom stereocenters. The lowest BCUT2D eigenvalue weighted by Gasteiger charge is -2.21. The molecule has 0 fully saturated rings. The summed E-state index contributed by atoms with van der Waals surface area (Å²) < 4.78 is 17.5. The van der Waals surface area contributed by atoms with E-state index in [2.05, 4.69) is 25.7 Å². The highest BCUT2D eigenvalue weighted by atomic mass is 16.5. The van der Waals surface area contributed by atoms with Crippen molar-refractivity contribution in [2.75, 3.05) is 33.9 Å². The van der Waals surface area contributed by atoms with E-state index < -0.39 is 11.9 Å². The molecule has 2 aromatic carbocycles. The van der Waals surface area contributed by atoms with Gasteiger partial charge in [0.15, 0.2) is 5.69 Å². The van der Waals surface area contributed by atoms with Crippen LogP contribution in [0.3, 0.4) is 0 Å². The van der Waals surface area contributed by atoms with Crippen LogP contribution < -0.4 is 4.74 Å². The molecule has 0 aliphatic carbocycles. The summed E-state index contributed by atoms with van der Waals surface area (Å²) in [6.45, 7) is 9.33. The number of para-hydroxylation sites is 1. The number of carbonyl (C=O) groups excluding carboxylic acids is 2. The van der Waals surface area contributed by atoms with Gasteiger partial charge < -0.3 is 14.2 Å². The zero-order valence-electron chi connectivity index (χ0n) is 21.0. The third kappa shape index (κ3) is 5.71. The van der Waals surface area contributed by atoms with Gasteiger partial charge in [-0.3, -0.25) is 4.90 Å². The molecule has 0 saturated carbocycles. The van der Waals surface area contributed by atoms with Gasteiger partial charge in [0.25, 0.3) is 0 Å². The third-order valence-corrected chi connectivity index (χ3v) is 5.74. The van der Waals surface area contributed by atoms with E-state index in [1.807, 2.05) is 36.4 Å².